The van der Waals surface area contributed by atoms with E-state index in [1.54, 1.807) is 23.1 Å². The van der Waals surface area contributed by atoms with E-state index >= 15 is 0 Å². The molecule has 0 saturated heterocycles. The van der Waals surface area contributed by atoms with E-state index in [1.807, 2.05) is 60.7 Å². The molecule has 40 heavy (non-hydrogen) atoms. The number of nitrogens with one attached hydrogen (secondary N) is 2. The van der Waals surface area contributed by atoms with Gasteiger partial charge in [0.05, 0.1) is 23.5 Å². The first-order valence-electron chi connectivity index (χ1n) is 12.9. The number of carboxylic acids is 1. The predicted octanol–water partition coefficient (Wildman–Crippen LogP) is 3.32. The number of hydrogen-bond acceptors (Lipinski definition) is 5. The van der Waals surface area contributed by atoms with Gasteiger partial charge in [-0.1, -0.05) is 60.7 Å². The molecule has 0 spiro atoms. The fourth-order valence-electron chi connectivity index (χ4n) is 5.20. The largest absolute Gasteiger partial charge is 0.481 e. The highest BCUT2D eigenvalue weighted by Gasteiger charge is 2.39. The highest BCUT2D eigenvalue weighted by Crippen LogP contribution is 2.40. The summed E-state index contributed by atoms with van der Waals surface area (Å²) in [5.41, 5.74) is 3.98. The van der Waals surface area contributed by atoms with Gasteiger partial charge < -0.3 is 25.2 Å². The number of benzene rings is 3. The van der Waals surface area contributed by atoms with Crippen molar-refractivity contribution in [2.24, 2.45) is 4.99 Å². The van der Waals surface area contributed by atoms with Crippen molar-refractivity contribution in [1.29, 1.82) is 0 Å². The van der Waals surface area contributed by atoms with E-state index in [4.69, 9.17) is 10.1 Å². The third-order valence-electron chi connectivity index (χ3n) is 7.08. The molecule has 2 aliphatic rings. The number of H-pyrrole nitrogens is 1. The number of amides is 3. The lowest BCUT2D eigenvalue weighted by Crippen LogP contribution is -2.52. The van der Waals surface area contributed by atoms with Crippen molar-refractivity contribution in [2.75, 3.05) is 22.9 Å². The first-order chi connectivity index (χ1) is 19.4. The minimum Gasteiger partial charge on any atom is -0.481 e. The number of carbonyl (C=O) groups is 4. The van der Waals surface area contributed by atoms with Gasteiger partial charge in [0.1, 0.15) is 5.69 Å². The van der Waals surface area contributed by atoms with E-state index in [0.717, 1.165) is 16.5 Å². The van der Waals surface area contributed by atoms with Crippen LogP contribution in [-0.2, 0) is 14.4 Å². The summed E-state index contributed by atoms with van der Waals surface area (Å²) in [6, 6.07) is 23.9. The molecule has 6 rings (SSSR count). The van der Waals surface area contributed by atoms with Gasteiger partial charge in [-0.2, -0.15) is 0 Å². The van der Waals surface area contributed by atoms with Crippen LogP contribution in [0.15, 0.2) is 83.9 Å². The summed E-state index contributed by atoms with van der Waals surface area (Å²) in [5, 5.41) is 12.7. The van der Waals surface area contributed by atoms with E-state index < -0.39 is 23.9 Å². The normalized spacial score (nSPS) is 16.2. The second kappa shape index (κ2) is 10.1. The zero-order valence-electron chi connectivity index (χ0n) is 21.3. The Balaban J connectivity index is 1.41. The van der Waals surface area contributed by atoms with Crippen LogP contribution in [0.1, 0.15) is 34.5 Å². The monoisotopic (exact) mass is 535 g/mol. The second-order valence-electron chi connectivity index (χ2n) is 9.59. The van der Waals surface area contributed by atoms with Crippen LogP contribution < -0.4 is 15.1 Å². The van der Waals surface area contributed by atoms with Crippen molar-refractivity contribution in [2.45, 2.75) is 19.0 Å². The van der Waals surface area contributed by atoms with E-state index in [9.17, 15) is 19.2 Å². The maximum Gasteiger partial charge on any atom is 0.303 e. The molecular formula is C30H25N5O5. The van der Waals surface area contributed by atoms with E-state index in [-0.39, 0.29) is 31.8 Å². The molecule has 2 aliphatic heterocycles. The van der Waals surface area contributed by atoms with Crippen molar-refractivity contribution in [3.63, 3.8) is 0 Å². The van der Waals surface area contributed by atoms with Gasteiger partial charge in [0.15, 0.2) is 0 Å². The molecule has 0 radical (unpaired) electrons. The predicted molar refractivity (Wildman–Crippen MR) is 150 cm³/mol. The SMILES string of the molecule is O=C(O)CCC(=O)N1CCN2C(=O)C(NC(=O)c3cc4ccccc4[nH]3)N=C(c3ccccc3)c3cccc1c32. The molecule has 4 aromatic rings. The molecule has 0 aliphatic carbocycles. The molecule has 10 heteroatoms. The van der Waals surface area contributed by atoms with Crippen molar-refractivity contribution < 1.29 is 24.3 Å². The van der Waals surface area contributed by atoms with Gasteiger partial charge in [0.2, 0.25) is 12.1 Å². The van der Waals surface area contributed by atoms with E-state index in [0.29, 0.717) is 28.3 Å². The van der Waals surface area contributed by atoms with Gasteiger partial charge in [-0.3, -0.25) is 19.2 Å². The van der Waals surface area contributed by atoms with Crippen molar-refractivity contribution >= 4 is 51.7 Å². The maximum atomic E-state index is 13.9. The van der Waals surface area contributed by atoms with Crippen LogP contribution in [0.4, 0.5) is 11.4 Å². The number of carboxylic acid groups (broad SMARTS) is 1. The summed E-state index contributed by atoms with van der Waals surface area (Å²) >= 11 is 0. The smallest absolute Gasteiger partial charge is 0.303 e. The highest BCUT2D eigenvalue weighted by atomic mass is 16.4. The Kier molecular flexibility index (Phi) is 6.35. The Hall–Kier alpha value is -5.25. The van der Waals surface area contributed by atoms with Crippen LogP contribution in [0.2, 0.25) is 0 Å². The number of carbonyl (C=O) groups excluding carboxylic acids is 3. The lowest BCUT2D eigenvalue weighted by molar-refractivity contribution is -0.138. The Morgan fingerprint density at radius 3 is 2.50 bits per heavy atom. The molecule has 200 valence electrons. The summed E-state index contributed by atoms with van der Waals surface area (Å²) in [4.78, 5) is 62.3. The zero-order valence-corrected chi connectivity index (χ0v) is 21.3. The zero-order chi connectivity index (χ0) is 27.8. The number of hydrogen-bond donors (Lipinski definition) is 3. The third-order valence-corrected chi connectivity index (χ3v) is 7.08. The minimum absolute atomic E-state index is 0.157. The number of nitrogens with zero attached hydrogens (tertiary/aromatic N) is 3. The Labute approximate surface area is 228 Å². The van der Waals surface area contributed by atoms with Gasteiger partial charge in [-0.05, 0) is 18.2 Å². The van der Waals surface area contributed by atoms with Gasteiger partial charge in [0, 0.05) is 41.5 Å². The first kappa shape index (κ1) is 25.1. The molecule has 0 fully saturated rings. The molecule has 0 saturated carbocycles. The summed E-state index contributed by atoms with van der Waals surface area (Å²) in [6.07, 6.45) is -1.66. The summed E-state index contributed by atoms with van der Waals surface area (Å²) in [7, 11) is 0. The first-order valence-corrected chi connectivity index (χ1v) is 12.9. The molecule has 3 N–H and O–H groups in total. The van der Waals surface area contributed by atoms with Gasteiger partial charge in [-0.15, -0.1) is 0 Å². The van der Waals surface area contributed by atoms with Crippen molar-refractivity contribution in [1.82, 2.24) is 10.3 Å². The Bertz CT molecular complexity index is 1660. The summed E-state index contributed by atoms with van der Waals surface area (Å²) in [5.74, 6) is -2.30. The van der Waals surface area contributed by atoms with Crippen LogP contribution in [0.5, 0.6) is 0 Å². The number of fused-ring (bicyclic) bond motifs is 1. The number of aromatic nitrogens is 1. The number of aromatic amines is 1. The fraction of sp³-hybridized carbons (Fsp3) is 0.167. The quantitative estimate of drug-likeness (QED) is 0.348. The highest BCUT2D eigenvalue weighted by molar-refractivity contribution is 6.23. The van der Waals surface area contributed by atoms with Gasteiger partial charge in [0.25, 0.3) is 11.8 Å². The maximum absolute atomic E-state index is 13.9. The van der Waals surface area contributed by atoms with Crippen molar-refractivity contribution in [3.05, 3.63) is 95.7 Å². The molecular weight excluding hydrogens is 510 g/mol. The van der Waals surface area contributed by atoms with Crippen LogP contribution in [-0.4, -0.2) is 58.7 Å². The molecule has 3 aromatic carbocycles. The van der Waals surface area contributed by atoms with Crippen LogP contribution in [0, 0.1) is 0 Å². The van der Waals surface area contributed by atoms with Crippen LogP contribution in [0.3, 0.4) is 0 Å². The topological polar surface area (TPSA) is 135 Å². The number of para-hydroxylation sites is 2. The lowest BCUT2D eigenvalue weighted by atomic mass is 9.97. The molecule has 1 aromatic heterocycles. The number of aliphatic imine (C=N–C) groups is 1. The third kappa shape index (κ3) is 4.49. The molecule has 10 nitrogen and oxygen atoms in total. The lowest BCUT2D eigenvalue weighted by Gasteiger charge is -2.37. The molecule has 1 atom stereocenters. The fourth-order valence-corrected chi connectivity index (χ4v) is 5.20. The van der Waals surface area contributed by atoms with Crippen LogP contribution in [0.25, 0.3) is 10.9 Å². The van der Waals surface area contributed by atoms with Crippen LogP contribution >= 0.6 is 0 Å². The van der Waals surface area contributed by atoms with E-state index in [1.165, 1.54) is 4.90 Å². The summed E-state index contributed by atoms with van der Waals surface area (Å²) in [6.45, 7) is 0.349. The molecule has 3 heterocycles. The van der Waals surface area contributed by atoms with Gasteiger partial charge in [-0.25, -0.2) is 4.99 Å². The molecule has 3 amide bonds. The average Bonchev–Trinajstić information content (AvgIpc) is 3.37. The second-order valence-corrected chi connectivity index (χ2v) is 9.59. The standard InChI is InChI=1S/C30H25N5O5/c36-24(13-14-25(37)38)34-15-16-35-27-20(10-6-12-23(27)34)26(18-7-2-1-3-8-18)32-28(30(35)40)33-29(39)22-17-19-9-4-5-11-21(19)31-22/h1-12,17,28,31H,13-16H2,(H,33,39)(H,37,38). The number of anilines is 2. The Morgan fingerprint density at radius 2 is 1.73 bits per heavy atom. The van der Waals surface area contributed by atoms with Crippen molar-refractivity contribution in [3.8, 4) is 0 Å². The minimum atomic E-state index is -1.22. The molecule has 1 unspecified atom stereocenters. The average molecular weight is 536 g/mol. The number of rotatable bonds is 6. The number of aliphatic carboxylic acids is 1. The summed E-state index contributed by atoms with van der Waals surface area (Å²) < 4.78 is 0. The van der Waals surface area contributed by atoms with E-state index in [2.05, 4.69) is 10.3 Å². The van der Waals surface area contributed by atoms with Gasteiger partial charge >= 0.3 is 5.97 Å². The molecule has 0 bridgehead atoms. The Morgan fingerprint density at radius 1 is 0.950 bits per heavy atom.